The zero-order valence-electron chi connectivity index (χ0n) is 10.2. The highest BCUT2D eigenvalue weighted by Gasteiger charge is 2.37. The first-order chi connectivity index (χ1) is 7.62. The Morgan fingerprint density at radius 2 is 2.06 bits per heavy atom. The van der Waals surface area contributed by atoms with Gasteiger partial charge in [-0.05, 0) is 36.7 Å². The number of hydrogen-bond donors (Lipinski definition) is 0. The van der Waals surface area contributed by atoms with Gasteiger partial charge >= 0.3 is 0 Å². The predicted molar refractivity (Wildman–Crippen MR) is 71.7 cm³/mol. The summed E-state index contributed by atoms with van der Waals surface area (Å²) in [5.41, 5.74) is 1.26. The van der Waals surface area contributed by atoms with Gasteiger partial charge in [0.15, 0.2) is 0 Å². The van der Waals surface area contributed by atoms with E-state index in [1.165, 1.54) is 29.6 Å². The molecule has 1 heterocycles. The quantitative estimate of drug-likeness (QED) is 0.700. The topological polar surface area (TPSA) is 9.23 Å². The standard InChI is InChI=1S/C14H20OSi/c1-12-8-7-11-16(3,15-12)13(2)14-9-5-4-6-10-14/h4-6,9-10,12H,2,7-8,11H2,1,3H3. The summed E-state index contributed by atoms with van der Waals surface area (Å²) in [6.45, 7) is 8.78. The molecule has 1 fully saturated rings. The third-order valence-corrected chi connectivity index (χ3v) is 7.28. The molecule has 0 bridgehead atoms. The van der Waals surface area contributed by atoms with E-state index in [4.69, 9.17) is 4.43 Å². The minimum atomic E-state index is -1.74. The van der Waals surface area contributed by atoms with E-state index in [9.17, 15) is 0 Å². The van der Waals surface area contributed by atoms with Crippen LogP contribution < -0.4 is 0 Å². The molecule has 2 rings (SSSR count). The molecule has 86 valence electrons. The molecule has 1 aliphatic heterocycles. The second-order valence-corrected chi connectivity index (χ2v) is 8.70. The van der Waals surface area contributed by atoms with E-state index in [1.807, 2.05) is 6.07 Å². The van der Waals surface area contributed by atoms with Gasteiger partial charge < -0.3 is 4.43 Å². The molecule has 1 aromatic carbocycles. The van der Waals surface area contributed by atoms with E-state index >= 15 is 0 Å². The lowest BCUT2D eigenvalue weighted by atomic mass is 10.2. The van der Waals surface area contributed by atoms with Gasteiger partial charge in [-0.2, -0.15) is 0 Å². The van der Waals surface area contributed by atoms with Gasteiger partial charge in [0.25, 0.3) is 0 Å². The third-order valence-electron chi connectivity index (χ3n) is 3.49. The van der Waals surface area contributed by atoms with Crippen LogP contribution >= 0.6 is 0 Å². The maximum atomic E-state index is 6.23. The van der Waals surface area contributed by atoms with E-state index in [0.717, 1.165) is 0 Å². The molecule has 1 nitrogen and oxygen atoms in total. The van der Waals surface area contributed by atoms with Crippen molar-refractivity contribution in [3.8, 4) is 0 Å². The normalized spacial score (nSPS) is 30.0. The lowest BCUT2D eigenvalue weighted by Crippen LogP contribution is -2.42. The third kappa shape index (κ3) is 2.28. The smallest absolute Gasteiger partial charge is 0.221 e. The molecule has 0 aliphatic carbocycles. The summed E-state index contributed by atoms with van der Waals surface area (Å²) in [4.78, 5) is 0. The van der Waals surface area contributed by atoms with Crippen LogP contribution in [0.3, 0.4) is 0 Å². The molecule has 0 amide bonds. The fraction of sp³-hybridized carbons (Fsp3) is 0.429. The first-order valence-corrected chi connectivity index (χ1v) is 8.66. The molecule has 1 aromatic rings. The van der Waals surface area contributed by atoms with E-state index in [2.05, 4.69) is 44.3 Å². The molecule has 2 heteroatoms. The highest BCUT2D eigenvalue weighted by molar-refractivity contribution is 6.90. The molecule has 2 atom stereocenters. The van der Waals surface area contributed by atoms with Gasteiger partial charge in [-0.3, -0.25) is 0 Å². The summed E-state index contributed by atoms with van der Waals surface area (Å²) >= 11 is 0. The van der Waals surface area contributed by atoms with Crippen LogP contribution in [0.1, 0.15) is 25.3 Å². The average Bonchev–Trinajstić information content (AvgIpc) is 2.29. The van der Waals surface area contributed by atoms with Gasteiger partial charge in [0.05, 0.1) is 0 Å². The van der Waals surface area contributed by atoms with Crippen molar-refractivity contribution in [2.24, 2.45) is 0 Å². The predicted octanol–water partition coefficient (Wildman–Crippen LogP) is 4.01. The molecule has 0 N–H and O–H groups in total. The summed E-state index contributed by atoms with van der Waals surface area (Å²) in [5.74, 6) is 0. The monoisotopic (exact) mass is 232 g/mol. The SMILES string of the molecule is C=C(c1ccccc1)[Si]1(C)CCCC(C)O1. The number of benzene rings is 1. The highest BCUT2D eigenvalue weighted by Crippen LogP contribution is 2.35. The van der Waals surface area contributed by atoms with Crippen LogP contribution in [0.5, 0.6) is 0 Å². The Morgan fingerprint density at radius 3 is 2.69 bits per heavy atom. The van der Waals surface area contributed by atoms with Crippen LogP contribution in [0.25, 0.3) is 5.20 Å². The van der Waals surface area contributed by atoms with Crippen LogP contribution in [0.4, 0.5) is 0 Å². The Kier molecular flexibility index (Phi) is 3.31. The second-order valence-electron chi connectivity index (χ2n) is 4.90. The zero-order valence-corrected chi connectivity index (χ0v) is 11.2. The Bertz CT molecular complexity index is 374. The maximum Gasteiger partial charge on any atom is 0.221 e. The van der Waals surface area contributed by atoms with Gasteiger partial charge in [-0.1, -0.05) is 43.3 Å². The minimum Gasteiger partial charge on any atom is -0.410 e. The van der Waals surface area contributed by atoms with Crippen LogP contribution in [-0.2, 0) is 4.43 Å². The van der Waals surface area contributed by atoms with E-state index in [-0.39, 0.29) is 0 Å². The Labute approximate surface area is 99.3 Å². The minimum absolute atomic E-state index is 0.408. The van der Waals surface area contributed by atoms with Crippen LogP contribution in [-0.4, -0.2) is 14.4 Å². The lowest BCUT2D eigenvalue weighted by molar-refractivity contribution is 0.183. The van der Waals surface area contributed by atoms with Crippen LogP contribution in [0.2, 0.25) is 12.6 Å². The van der Waals surface area contributed by atoms with Crippen molar-refractivity contribution in [1.29, 1.82) is 0 Å². The average molecular weight is 232 g/mol. The van der Waals surface area contributed by atoms with Crippen molar-refractivity contribution in [2.45, 2.75) is 38.5 Å². The summed E-state index contributed by atoms with van der Waals surface area (Å²) in [7, 11) is -1.74. The second kappa shape index (κ2) is 4.56. The maximum absolute atomic E-state index is 6.23. The molecule has 1 saturated heterocycles. The number of hydrogen-bond acceptors (Lipinski definition) is 1. The van der Waals surface area contributed by atoms with Crippen LogP contribution in [0, 0.1) is 0 Å². The molecule has 16 heavy (non-hydrogen) atoms. The molecule has 0 aromatic heterocycles. The van der Waals surface area contributed by atoms with Crippen molar-refractivity contribution in [2.75, 3.05) is 0 Å². The largest absolute Gasteiger partial charge is 0.410 e. The zero-order chi connectivity index (χ0) is 11.6. The van der Waals surface area contributed by atoms with Gasteiger partial charge in [-0.15, -0.1) is 0 Å². The Balaban J connectivity index is 2.21. The van der Waals surface area contributed by atoms with Gasteiger partial charge in [-0.25, -0.2) is 0 Å². The first kappa shape index (κ1) is 11.6. The number of rotatable bonds is 2. The molecular formula is C14H20OSi. The fourth-order valence-corrected chi connectivity index (χ4v) is 5.68. The molecule has 0 saturated carbocycles. The molecule has 0 spiro atoms. The summed E-state index contributed by atoms with van der Waals surface area (Å²) in [6.07, 6.45) is 2.89. The molecular weight excluding hydrogens is 212 g/mol. The van der Waals surface area contributed by atoms with E-state index in [1.54, 1.807) is 0 Å². The van der Waals surface area contributed by atoms with Crippen molar-refractivity contribution in [3.63, 3.8) is 0 Å². The fourth-order valence-electron chi connectivity index (χ4n) is 2.46. The summed E-state index contributed by atoms with van der Waals surface area (Å²) in [6, 6.07) is 11.7. The molecule has 0 radical (unpaired) electrons. The van der Waals surface area contributed by atoms with Crippen molar-refractivity contribution < 1.29 is 4.43 Å². The Morgan fingerprint density at radius 1 is 1.38 bits per heavy atom. The molecule has 2 unspecified atom stereocenters. The Hall–Kier alpha value is -0.863. The summed E-state index contributed by atoms with van der Waals surface area (Å²) in [5, 5.41) is 1.25. The van der Waals surface area contributed by atoms with E-state index < -0.39 is 8.32 Å². The van der Waals surface area contributed by atoms with Crippen LogP contribution in [0.15, 0.2) is 36.9 Å². The molecule has 1 aliphatic rings. The lowest BCUT2D eigenvalue weighted by Gasteiger charge is -2.37. The van der Waals surface area contributed by atoms with E-state index in [0.29, 0.717) is 6.10 Å². The van der Waals surface area contributed by atoms with Crippen molar-refractivity contribution in [3.05, 3.63) is 42.5 Å². The van der Waals surface area contributed by atoms with Gasteiger partial charge in [0.1, 0.15) is 0 Å². The first-order valence-electron chi connectivity index (χ1n) is 6.04. The van der Waals surface area contributed by atoms with Gasteiger partial charge in [0, 0.05) is 6.10 Å². The van der Waals surface area contributed by atoms with Crippen molar-refractivity contribution >= 4 is 13.5 Å². The van der Waals surface area contributed by atoms with Gasteiger partial charge in [0.2, 0.25) is 8.32 Å². The van der Waals surface area contributed by atoms with Crippen molar-refractivity contribution in [1.82, 2.24) is 0 Å². The summed E-state index contributed by atoms with van der Waals surface area (Å²) < 4.78 is 6.23. The highest BCUT2D eigenvalue weighted by atomic mass is 28.4.